The van der Waals surface area contributed by atoms with Gasteiger partial charge in [0.25, 0.3) is 5.91 Å². The molecule has 0 aliphatic heterocycles. The number of nitrogens with zero attached hydrogens (tertiary/aromatic N) is 1. The van der Waals surface area contributed by atoms with Gasteiger partial charge in [-0.15, -0.1) is 0 Å². The lowest BCUT2D eigenvalue weighted by atomic mass is 10.1. The first kappa shape index (κ1) is 13.9. The van der Waals surface area contributed by atoms with Crippen molar-refractivity contribution in [1.29, 1.82) is 0 Å². The predicted octanol–water partition coefficient (Wildman–Crippen LogP) is 2.82. The molecule has 0 atom stereocenters. The van der Waals surface area contributed by atoms with Crippen molar-refractivity contribution >= 4 is 11.6 Å². The van der Waals surface area contributed by atoms with Crippen LogP contribution in [0.1, 0.15) is 10.4 Å². The second kappa shape index (κ2) is 5.61. The van der Waals surface area contributed by atoms with Crippen LogP contribution in [0.25, 0.3) is 0 Å². The summed E-state index contributed by atoms with van der Waals surface area (Å²) in [5.74, 6) is -0.774. The van der Waals surface area contributed by atoms with Crippen LogP contribution in [0.15, 0.2) is 42.5 Å². The van der Waals surface area contributed by atoms with Gasteiger partial charge in [-0.3, -0.25) is 4.79 Å². The summed E-state index contributed by atoms with van der Waals surface area (Å²) < 4.78 is 17.8. The van der Waals surface area contributed by atoms with Crippen LogP contribution in [0, 0.1) is 5.82 Å². The van der Waals surface area contributed by atoms with E-state index in [4.69, 9.17) is 4.74 Å². The first-order valence-corrected chi connectivity index (χ1v) is 5.94. The molecule has 0 bridgehead atoms. The van der Waals surface area contributed by atoms with E-state index in [2.05, 4.69) is 0 Å². The Morgan fingerprint density at radius 2 is 1.85 bits per heavy atom. The van der Waals surface area contributed by atoms with Crippen LogP contribution in [-0.4, -0.2) is 25.2 Å². The Morgan fingerprint density at radius 3 is 2.45 bits per heavy atom. The van der Waals surface area contributed by atoms with Gasteiger partial charge in [-0.05, 0) is 36.4 Å². The molecule has 0 radical (unpaired) electrons. The van der Waals surface area contributed by atoms with E-state index in [1.54, 1.807) is 19.2 Å². The zero-order chi connectivity index (χ0) is 14.7. The molecule has 0 saturated carbocycles. The van der Waals surface area contributed by atoms with Crippen LogP contribution >= 0.6 is 0 Å². The highest BCUT2D eigenvalue weighted by molar-refractivity contribution is 6.07. The fourth-order valence-corrected chi connectivity index (χ4v) is 1.82. The molecular weight excluding hydrogens is 261 g/mol. The molecule has 1 amide bonds. The van der Waals surface area contributed by atoms with Crippen LogP contribution < -0.4 is 9.64 Å². The minimum Gasteiger partial charge on any atom is -0.504 e. The van der Waals surface area contributed by atoms with Gasteiger partial charge in [0.2, 0.25) is 0 Å². The smallest absolute Gasteiger partial charge is 0.261 e. The number of benzene rings is 2. The van der Waals surface area contributed by atoms with Crippen LogP contribution in [0.3, 0.4) is 0 Å². The minimum absolute atomic E-state index is 0.121. The van der Waals surface area contributed by atoms with Gasteiger partial charge in [-0.25, -0.2) is 4.39 Å². The third-order valence-corrected chi connectivity index (χ3v) is 2.97. The fourth-order valence-electron chi connectivity index (χ4n) is 1.82. The summed E-state index contributed by atoms with van der Waals surface area (Å²) in [6.45, 7) is 0. The van der Waals surface area contributed by atoms with Crippen molar-refractivity contribution in [2.45, 2.75) is 0 Å². The molecule has 104 valence electrons. The van der Waals surface area contributed by atoms with E-state index >= 15 is 0 Å². The normalized spacial score (nSPS) is 10.2. The average molecular weight is 275 g/mol. The third kappa shape index (κ3) is 2.56. The van der Waals surface area contributed by atoms with Gasteiger partial charge >= 0.3 is 0 Å². The molecule has 0 aliphatic rings. The van der Waals surface area contributed by atoms with Crippen molar-refractivity contribution in [2.75, 3.05) is 19.1 Å². The highest BCUT2D eigenvalue weighted by Crippen LogP contribution is 2.30. The van der Waals surface area contributed by atoms with Crippen molar-refractivity contribution in [3.63, 3.8) is 0 Å². The van der Waals surface area contributed by atoms with E-state index in [1.165, 1.54) is 42.3 Å². The first-order valence-electron chi connectivity index (χ1n) is 5.94. The lowest BCUT2D eigenvalue weighted by Crippen LogP contribution is -2.26. The number of hydrogen-bond acceptors (Lipinski definition) is 3. The Labute approximate surface area is 116 Å². The highest BCUT2D eigenvalue weighted by Gasteiger charge is 2.19. The van der Waals surface area contributed by atoms with Gasteiger partial charge in [-0.1, -0.05) is 6.07 Å². The molecule has 2 aromatic rings. The molecule has 0 aromatic heterocycles. The van der Waals surface area contributed by atoms with Crippen molar-refractivity contribution in [1.82, 2.24) is 0 Å². The van der Waals surface area contributed by atoms with Crippen LogP contribution in [-0.2, 0) is 0 Å². The SMILES string of the molecule is COc1cccc(C(=O)N(C)c2ccc(F)cc2)c1O. The van der Waals surface area contributed by atoms with Crippen molar-refractivity contribution in [2.24, 2.45) is 0 Å². The topological polar surface area (TPSA) is 49.8 Å². The molecule has 0 aliphatic carbocycles. The number of rotatable bonds is 3. The zero-order valence-corrected chi connectivity index (χ0v) is 11.1. The number of phenols is 1. The van der Waals surface area contributed by atoms with Gasteiger partial charge in [0, 0.05) is 12.7 Å². The third-order valence-electron chi connectivity index (χ3n) is 2.97. The maximum Gasteiger partial charge on any atom is 0.261 e. The van der Waals surface area contributed by atoms with Gasteiger partial charge in [0.15, 0.2) is 11.5 Å². The highest BCUT2D eigenvalue weighted by atomic mass is 19.1. The Bertz CT molecular complexity index is 626. The molecule has 0 unspecified atom stereocenters. The summed E-state index contributed by atoms with van der Waals surface area (Å²) in [5, 5.41) is 9.97. The number of anilines is 1. The number of para-hydroxylation sites is 1. The molecule has 5 heteroatoms. The number of halogens is 1. The second-order valence-corrected chi connectivity index (χ2v) is 4.20. The van der Waals surface area contributed by atoms with Crippen LogP contribution in [0.2, 0.25) is 0 Å². The summed E-state index contributed by atoms with van der Waals surface area (Å²) >= 11 is 0. The number of amides is 1. The van der Waals surface area contributed by atoms with Gasteiger partial charge in [0.1, 0.15) is 5.82 Å². The maximum atomic E-state index is 12.9. The number of ether oxygens (including phenoxy) is 1. The molecular formula is C15H14FNO3. The standard InChI is InChI=1S/C15H14FNO3/c1-17(11-8-6-10(16)7-9-11)15(19)12-4-3-5-13(20-2)14(12)18/h3-9,18H,1-2H3. The van der Waals surface area contributed by atoms with E-state index in [0.717, 1.165) is 0 Å². The summed E-state index contributed by atoms with van der Waals surface area (Å²) in [6, 6.07) is 10.2. The van der Waals surface area contributed by atoms with Gasteiger partial charge < -0.3 is 14.7 Å². The molecule has 4 nitrogen and oxygen atoms in total. The van der Waals surface area contributed by atoms with Crippen LogP contribution in [0.5, 0.6) is 11.5 Å². The molecule has 0 fully saturated rings. The Morgan fingerprint density at radius 1 is 1.20 bits per heavy atom. The number of aromatic hydroxyl groups is 1. The monoisotopic (exact) mass is 275 g/mol. The van der Waals surface area contributed by atoms with E-state index in [9.17, 15) is 14.3 Å². The number of hydrogen-bond donors (Lipinski definition) is 1. The maximum absolute atomic E-state index is 12.9. The second-order valence-electron chi connectivity index (χ2n) is 4.20. The van der Waals surface area contributed by atoms with E-state index in [1.807, 2.05) is 0 Å². The Kier molecular flexibility index (Phi) is 3.89. The Balaban J connectivity index is 2.34. The summed E-state index contributed by atoms with van der Waals surface area (Å²) in [7, 11) is 2.96. The Hall–Kier alpha value is -2.56. The first-order chi connectivity index (χ1) is 9.54. The number of phenolic OH excluding ortho intramolecular Hbond substituents is 1. The zero-order valence-electron chi connectivity index (χ0n) is 11.1. The average Bonchev–Trinajstić information content (AvgIpc) is 2.47. The molecule has 0 saturated heterocycles. The summed E-state index contributed by atoms with van der Waals surface area (Å²) in [6.07, 6.45) is 0. The number of carbonyl (C=O) groups is 1. The van der Waals surface area contributed by atoms with E-state index < -0.39 is 5.91 Å². The number of carbonyl (C=O) groups excluding carboxylic acids is 1. The van der Waals surface area contributed by atoms with E-state index in [-0.39, 0.29) is 22.9 Å². The lowest BCUT2D eigenvalue weighted by Gasteiger charge is -2.18. The number of methoxy groups -OCH3 is 1. The summed E-state index contributed by atoms with van der Waals surface area (Å²) in [4.78, 5) is 13.7. The van der Waals surface area contributed by atoms with Crippen molar-refractivity contribution < 1.29 is 19.0 Å². The van der Waals surface area contributed by atoms with Gasteiger partial charge in [-0.2, -0.15) is 0 Å². The van der Waals surface area contributed by atoms with Crippen molar-refractivity contribution in [3.05, 3.63) is 53.8 Å². The molecule has 20 heavy (non-hydrogen) atoms. The van der Waals surface area contributed by atoms with Crippen molar-refractivity contribution in [3.8, 4) is 11.5 Å². The molecule has 1 N–H and O–H groups in total. The molecule has 0 spiro atoms. The van der Waals surface area contributed by atoms with Gasteiger partial charge in [0.05, 0.1) is 12.7 Å². The minimum atomic E-state index is -0.409. The molecule has 2 rings (SSSR count). The quantitative estimate of drug-likeness (QED) is 0.937. The fraction of sp³-hybridized carbons (Fsp3) is 0.133. The summed E-state index contributed by atoms with van der Waals surface area (Å²) in [5.41, 5.74) is 0.648. The van der Waals surface area contributed by atoms with E-state index in [0.29, 0.717) is 5.69 Å². The predicted molar refractivity (Wildman–Crippen MR) is 73.8 cm³/mol. The largest absolute Gasteiger partial charge is 0.504 e. The lowest BCUT2D eigenvalue weighted by molar-refractivity contribution is 0.0990. The molecule has 2 aromatic carbocycles. The van der Waals surface area contributed by atoms with Crippen LogP contribution in [0.4, 0.5) is 10.1 Å². The molecule has 0 heterocycles.